The van der Waals surface area contributed by atoms with Crippen molar-refractivity contribution in [3.05, 3.63) is 33.0 Å². The summed E-state index contributed by atoms with van der Waals surface area (Å²) >= 11 is 4.71. The van der Waals surface area contributed by atoms with E-state index in [1.807, 2.05) is 6.07 Å². The van der Waals surface area contributed by atoms with E-state index in [-0.39, 0.29) is 17.9 Å². The summed E-state index contributed by atoms with van der Waals surface area (Å²) in [5.74, 6) is 0.111. The van der Waals surface area contributed by atoms with E-state index in [1.54, 1.807) is 23.8 Å². The van der Waals surface area contributed by atoms with Gasteiger partial charge in [-0.2, -0.15) is 0 Å². The standard InChI is InChI=1S/C14H16BrN3O3S/c1-21-6-5-18-13(20)10-8-9(15)2-3-11(10)17-14(18)22-7-4-12(16)19/h2-3,8H,4-7H2,1H3,(H2,16,19). The molecule has 22 heavy (non-hydrogen) atoms. The molecular weight excluding hydrogens is 370 g/mol. The molecule has 0 saturated heterocycles. The number of fused-ring (bicyclic) bond motifs is 1. The predicted molar refractivity (Wildman–Crippen MR) is 90.1 cm³/mol. The van der Waals surface area contributed by atoms with Crippen molar-refractivity contribution in [2.24, 2.45) is 5.73 Å². The molecule has 0 atom stereocenters. The molecule has 2 N–H and O–H groups in total. The van der Waals surface area contributed by atoms with Crippen LogP contribution in [-0.2, 0) is 16.1 Å². The number of ether oxygens (including phenoxy) is 1. The van der Waals surface area contributed by atoms with Crippen LogP contribution >= 0.6 is 27.7 Å². The second kappa shape index (κ2) is 7.75. The third kappa shape index (κ3) is 4.08. The van der Waals surface area contributed by atoms with Gasteiger partial charge < -0.3 is 10.5 Å². The lowest BCUT2D eigenvalue weighted by atomic mass is 10.2. The number of rotatable bonds is 7. The fourth-order valence-corrected chi connectivity index (χ4v) is 3.25. The summed E-state index contributed by atoms with van der Waals surface area (Å²) in [4.78, 5) is 28.0. The summed E-state index contributed by atoms with van der Waals surface area (Å²) < 4.78 is 7.45. The second-order valence-electron chi connectivity index (χ2n) is 4.57. The number of nitrogens with zero attached hydrogens (tertiary/aromatic N) is 2. The second-order valence-corrected chi connectivity index (χ2v) is 6.55. The molecule has 8 heteroatoms. The molecule has 2 aromatic rings. The molecule has 1 aromatic carbocycles. The van der Waals surface area contributed by atoms with E-state index >= 15 is 0 Å². The molecule has 6 nitrogen and oxygen atoms in total. The van der Waals surface area contributed by atoms with Crippen molar-refractivity contribution >= 4 is 44.5 Å². The monoisotopic (exact) mass is 385 g/mol. The molecule has 0 radical (unpaired) electrons. The Bertz CT molecular complexity index is 748. The fourth-order valence-electron chi connectivity index (χ4n) is 1.91. The van der Waals surface area contributed by atoms with Crippen molar-refractivity contribution in [2.45, 2.75) is 18.1 Å². The number of halogens is 1. The van der Waals surface area contributed by atoms with Crippen LogP contribution in [0.15, 0.2) is 32.6 Å². The zero-order valence-corrected chi connectivity index (χ0v) is 14.4. The van der Waals surface area contributed by atoms with Crippen molar-refractivity contribution in [1.29, 1.82) is 0 Å². The molecule has 1 heterocycles. The van der Waals surface area contributed by atoms with Crippen molar-refractivity contribution in [2.75, 3.05) is 19.5 Å². The summed E-state index contributed by atoms with van der Waals surface area (Å²) in [7, 11) is 1.58. The zero-order valence-electron chi connectivity index (χ0n) is 12.0. The van der Waals surface area contributed by atoms with Crippen molar-refractivity contribution in [1.82, 2.24) is 9.55 Å². The zero-order chi connectivity index (χ0) is 16.1. The summed E-state index contributed by atoms with van der Waals surface area (Å²) in [5, 5.41) is 1.11. The molecule has 0 aliphatic heterocycles. The van der Waals surface area contributed by atoms with Gasteiger partial charge in [-0.1, -0.05) is 27.7 Å². The van der Waals surface area contributed by atoms with Gasteiger partial charge in [-0.15, -0.1) is 0 Å². The molecule has 0 spiro atoms. The number of aromatic nitrogens is 2. The van der Waals surface area contributed by atoms with Gasteiger partial charge in [0.25, 0.3) is 5.56 Å². The topological polar surface area (TPSA) is 87.2 Å². The van der Waals surface area contributed by atoms with Crippen LogP contribution in [0, 0.1) is 0 Å². The molecule has 0 saturated carbocycles. The molecule has 2 rings (SSSR count). The lowest BCUT2D eigenvalue weighted by molar-refractivity contribution is -0.117. The SMILES string of the molecule is COCCn1c(SCCC(N)=O)nc2ccc(Br)cc2c1=O. The molecule has 0 fully saturated rings. The summed E-state index contributed by atoms with van der Waals surface area (Å²) in [5.41, 5.74) is 5.65. The highest BCUT2D eigenvalue weighted by molar-refractivity contribution is 9.10. The molecule has 0 bridgehead atoms. The highest BCUT2D eigenvalue weighted by Gasteiger charge is 2.12. The van der Waals surface area contributed by atoms with Gasteiger partial charge >= 0.3 is 0 Å². The molecule has 1 aromatic heterocycles. The van der Waals surface area contributed by atoms with Gasteiger partial charge in [-0.05, 0) is 18.2 Å². The minimum absolute atomic E-state index is 0.120. The van der Waals surface area contributed by atoms with Gasteiger partial charge in [-0.25, -0.2) is 4.98 Å². The van der Waals surface area contributed by atoms with Crippen LogP contribution in [0.4, 0.5) is 0 Å². The van der Waals surface area contributed by atoms with Crippen LogP contribution in [0.5, 0.6) is 0 Å². The highest BCUT2D eigenvalue weighted by atomic mass is 79.9. The van der Waals surface area contributed by atoms with Crippen molar-refractivity contribution in [3.8, 4) is 0 Å². The summed E-state index contributed by atoms with van der Waals surface area (Å²) in [6.45, 7) is 0.814. The number of benzene rings is 1. The molecular formula is C14H16BrN3O3S. The lowest BCUT2D eigenvalue weighted by Gasteiger charge is -2.12. The Morgan fingerprint density at radius 1 is 1.50 bits per heavy atom. The summed E-state index contributed by atoms with van der Waals surface area (Å²) in [6, 6.07) is 5.39. The first-order valence-corrected chi connectivity index (χ1v) is 8.41. The number of hydrogen-bond donors (Lipinski definition) is 1. The van der Waals surface area contributed by atoms with Gasteiger partial charge in [0.15, 0.2) is 5.16 Å². The van der Waals surface area contributed by atoms with E-state index < -0.39 is 0 Å². The largest absolute Gasteiger partial charge is 0.383 e. The van der Waals surface area contributed by atoms with Crippen LogP contribution in [-0.4, -0.2) is 34.9 Å². The first-order chi connectivity index (χ1) is 10.5. The maximum atomic E-state index is 12.6. The van der Waals surface area contributed by atoms with Gasteiger partial charge in [-0.3, -0.25) is 14.2 Å². The third-order valence-electron chi connectivity index (χ3n) is 2.98. The predicted octanol–water partition coefficient (Wildman–Crippen LogP) is 1.77. The van der Waals surface area contributed by atoms with E-state index in [9.17, 15) is 9.59 Å². The quantitative estimate of drug-likeness (QED) is 0.579. The fraction of sp³-hybridized carbons (Fsp3) is 0.357. The van der Waals surface area contributed by atoms with Crippen LogP contribution in [0.25, 0.3) is 10.9 Å². The van der Waals surface area contributed by atoms with E-state index in [0.29, 0.717) is 35.0 Å². The minimum Gasteiger partial charge on any atom is -0.383 e. The first-order valence-electron chi connectivity index (χ1n) is 6.63. The number of carbonyl (C=O) groups excluding carboxylic acids is 1. The number of hydrogen-bond acceptors (Lipinski definition) is 5. The number of thioether (sulfide) groups is 1. The minimum atomic E-state index is -0.372. The van der Waals surface area contributed by atoms with Gasteiger partial charge in [0.2, 0.25) is 5.91 Å². The van der Waals surface area contributed by atoms with Crippen molar-refractivity contribution < 1.29 is 9.53 Å². The normalized spacial score (nSPS) is 11.0. The Hall–Kier alpha value is -1.38. The van der Waals surface area contributed by atoms with Gasteiger partial charge in [0.05, 0.1) is 24.1 Å². The Kier molecular flexibility index (Phi) is 5.98. The highest BCUT2D eigenvalue weighted by Crippen LogP contribution is 2.21. The van der Waals surface area contributed by atoms with Crippen LogP contribution < -0.4 is 11.3 Å². The van der Waals surface area contributed by atoms with Gasteiger partial charge in [0.1, 0.15) is 0 Å². The number of nitrogens with two attached hydrogens (primary N) is 1. The van der Waals surface area contributed by atoms with Crippen LogP contribution in [0.1, 0.15) is 6.42 Å². The number of amides is 1. The Labute approximate surface area is 140 Å². The Morgan fingerprint density at radius 2 is 2.27 bits per heavy atom. The Morgan fingerprint density at radius 3 is 2.95 bits per heavy atom. The lowest BCUT2D eigenvalue weighted by Crippen LogP contribution is -2.25. The van der Waals surface area contributed by atoms with E-state index in [4.69, 9.17) is 10.5 Å². The number of carbonyl (C=O) groups is 1. The smallest absolute Gasteiger partial charge is 0.262 e. The van der Waals surface area contributed by atoms with Crippen LogP contribution in [0.3, 0.4) is 0 Å². The maximum absolute atomic E-state index is 12.6. The van der Waals surface area contributed by atoms with E-state index in [0.717, 1.165) is 4.47 Å². The van der Waals surface area contributed by atoms with Gasteiger partial charge in [0, 0.05) is 23.8 Å². The molecule has 0 unspecified atom stereocenters. The summed E-state index contributed by atoms with van der Waals surface area (Å²) in [6.07, 6.45) is 0.239. The maximum Gasteiger partial charge on any atom is 0.262 e. The van der Waals surface area contributed by atoms with Crippen molar-refractivity contribution in [3.63, 3.8) is 0 Å². The van der Waals surface area contributed by atoms with E-state index in [2.05, 4.69) is 20.9 Å². The van der Waals surface area contributed by atoms with Crippen LogP contribution in [0.2, 0.25) is 0 Å². The average molecular weight is 386 g/mol. The molecule has 1 amide bonds. The Balaban J connectivity index is 2.44. The van der Waals surface area contributed by atoms with E-state index in [1.165, 1.54) is 11.8 Å². The third-order valence-corrected chi connectivity index (χ3v) is 4.45. The molecule has 118 valence electrons. The number of methoxy groups -OCH3 is 1. The average Bonchev–Trinajstić information content (AvgIpc) is 2.47. The molecule has 0 aliphatic rings. The molecule has 0 aliphatic carbocycles. The first kappa shape index (κ1) is 17.0. The number of primary amides is 1.